The fourth-order valence-electron chi connectivity index (χ4n) is 2.99. The largest absolute Gasteiger partial charge is 0.357 e. The summed E-state index contributed by atoms with van der Waals surface area (Å²) < 4.78 is 3.50. The molecule has 1 aliphatic rings. The van der Waals surface area contributed by atoms with E-state index in [0.29, 0.717) is 12.4 Å². The van der Waals surface area contributed by atoms with Crippen molar-refractivity contribution in [2.45, 2.75) is 20.4 Å². The number of aromatic nitrogens is 5. The molecule has 0 aromatic carbocycles. The van der Waals surface area contributed by atoms with Crippen LogP contribution in [0.1, 0.15) is 18.6 Å². The topological polar surface area (TPSA) is 96.5 Å². The summed E-state index contributed by atoms with van der Waals surface area (Å²) in [5.74, 6) is 3.07. The predicted molar refractivity (Wildman–Crippen MR) is 104 cm³/mol. The molecular weight excluding hydrogens is 346 g/mol. The first kappa shape index (κ1) is 18.9. The molecule has 27 heavy (non-hydrogen) atoms. The second-order valence-electron chi connectivity index (χ2n) is 6.53. The van der Waals surface area contributed by atoms with E-state index in [0.717, 1.165) is 50.3 Å². The van der Waals surface area contributed by atoms with E-state index in [1.807, 2.05) is 23.4 Å². The number of anilines is 1. The van der Waals surface area contributed by atoms with Crippen LogP contribution in [-0.2, 0) is 20.6 Å². The molecule has 3 rings (SSSR count). The Morgan fingerprint density at radius 2 is 1.96 bits per heavy atom. The maximum Gasteiger partial charge on any atom is 0.293 e. The first-order chi connectivity index (χ1) is 13.0. The van der Waals surface area contributed by atoms with E-state index in [1.165, 1.54) is 0 Å². The van der Waals surface area contributed by atoms with Crippen molar-refractivity contribution >= 4 is 11.8 Å². The molecule has 1 saturated heterocycles. The Balaban J connectivity index is 1.68. The lowest BCUT2D eigenvalue weighted by Gasteiger charge is -2.36. The molecule has 0 spiro atoms. The molecule has 1 fully saturated rings. The number of piperazine rings is 1. The van der Waals surface area contributed by atoms with E-state index >= 15 is 0 Å². The summed E-state index contributed by atoms with van der Waals surface area (Å²) in [6.45, 7) is 8.22. The first-order valence-electron chi connectivity index (χ1n) is 9.16. The molecule has 10 nitrogen and oxygen atoms in total. The molecule has 2 aromatic heterocycles. The summed E-state index contributed by atoms with van der Waals surface area (Å²) in [5, 5.41) is 11.6. The number of nitrogens with zero attached hydrogens (tertiary/aromatic N) is 8. The van der Waals surface area contributed by atoms with Crippen LogP contribution in [0.4, 0.5) is 5.82 Å². The Morgan fingerprint density at radius 3 is 2.59 bits per heavy atom. The fourth-order valence-corrected chi connectivity index (χ4v) is 2.99. The molecule has 10 heteroatoms. The molecule has 2 aromatic rings. The van der Waals surface area contributed by atoms with Gasteiger partial charge in [0, 0.05) is 59.2 Å². The molecule has 3 heterocycles. The number of guanidine groups is 1. The number of hydrogen-bond acceptors (Lipinski definition) is 6. The third-order valence-electron chi connectivity index (χ3n) is 4.77. The lowest BCUT2D eigenvalue weighted by Crippen LogP contribution is -2.53. The summed E-state index contributed by atoms with van der Waals surface area (Å²) in [6, 6.07) is 0. The Morgan fingerprint density at radius 1 is 1.22 bits per heavy atom. The number of aliphatic imine (C=N–C) groups is 1. The molecule has 0 aliphatic carbocycles. The van der Waals surface area contributed by atoms with Crippen LogP contribution in [0.3, 0.4) is 0 Å². The summed E-state index contributed by atoms with van der Waals surface area (Å²) >= 11 is 0. The third kappa shape index (κ3) is 4.09. The van der Waals surface area contributed by atoms with Crippen LogP contribution < -0.4 is 15.8 Å². The van der Waals surface area contributed by atoms with Gasteiger partial charge >= 0.3 is 0 Å². The average molecular weight is 373 g/mol. The Labute approximate surface area is 158 Å². The van der Waals surface area contributed by atoms with Crippen molar-refractivity contribution in [1.29, 1.82) is 0 Å². The minimum Gasteiger partial charge on any atom is -0.357 e. The predicted octanol–water partition coefficient (Wildman–Crippen LogP) is -0.495. The summed E-state index contributed by atoms with van der Waals surface area (Å²) in [7, 11) is 3.69. The van der Waals surface area contributed by atoms with Crippen molar-refractivity contribution in [3.63, 3.8) is 0 Å². The second kappa shape index (κ2) is 8.19. The van der Waals surface area contributed by atoms with E-state index in [9.17, 15) is 4.79 Å². The zero-order valence-electron chi connectivity index (χ0n) is 16.4. The Kier molecular flexibility index (Phi) is 5.72. The zero-order chi connectivity index (χ0) is 19.4. The van der Waals surface area contributed by atoms with Gasteiger partial charge in [-0.05, 0) is 13.8 Å². The third-order valence-corrected chi connectivity index (χ3v) is 4.77. The number of hydrogen-bond donors (Lipinski definition) is 1. The van der Waals surface area contributed by atoms with E-state index in [1.54, 1.807) is 24.0 Å². The SMILES string of the molecule is CCNC(=NCc1nnc(C)n1C)N1CCN(c2nccn(C)c2=O)CC1. The molecule has 1 aliphatic heterocycles. The number of aryl methyl sites for hydroxylation is 2. The summed E-state index contributed by atoms with van der Waals surface area (Å²) in [6.07, 6.45) is 3.34. The van der Waals surface area contributed by atoms with Crippen LogP contribution >= 0.6 is 0 Å². The second-order valence-corrected chi connectivity index (χ2v) is 6.53. The molecule has 0 amide bonds. The monoisotopic (exact) mass is 373 g/mol. The number of rotatable bonds is 4. The molecule has 1 N–H and O–H groups in total. The van der Waals surface area contributed by atoms with Crippen LogP contribution in [0.15, 0.2) is 22.2 Å². The highest BCUT2D eigenvalue weighted by molar-refractivity contribution is 5.80. The Hall–Kier alpha value is -2.91. The van der Waals surface area contributed by atoms with Gasteiger partial charge in [0.05, 0.1) is 0 Å². The minimum absolute atomic E-state index is 0.0656. The normalized spacial score (nSPS) is 15.3. The van der Waals surface area contributed by atoms with Gasteiger partial charge in [0.1, 0.15) is 12.4 Å². The van der Waals surface area contributed by atoms with Gasteiger partial charge in [0.25, 0.3) is 5.56 Å². The van der Waals surface area contributed by atoms with Crippen LogP contribution in [0.2, 0.25) is 0 Å². The van der Waals surface area contributed by atoms with Crippen molar-refractivity contribution in [2.24, 2.45) is 19.1 Å². The molecule has 0 radical (unpaired) electrons. The van der Waals surface area contributed by atoms with E-state index in [4.69, 9.17) is 4.99 Å². The van der Waals surface area contributed by atoms with Crippen LogP contribution in [-0.4, -0.2) is 67.9 Å². The first-order valence-corrected chi connectivity index (χ1v) is 9.16. The molecule has 0 bridgehead atoms. The van der Waals surface area contributed by atoms with Gasteiger partial charge in [0.2, 0.25) is 0 Å². The molecule has 0 atom stereocenters. The van der Waals surface area contributed by atoms with Crippen LogP contribution in [0, 0.1) is 6.92 Å². The highest BCUT2D eigenvalue weighted by atomic mass is 16.1. The minimum atomic E-state index is -0.0656. The van der Waals surface area contributed by atoms with E-state index in [-0.39, 0.29) is 5.56 Å². The van der Waals surface area contributed by atoms with Crippen molar-refractivity contribution in [2.75, 3.05) is 37.6 Å². The van der Waals surface area contributed by atoms with Crippen LogP contribution in [0.25, 0.3) is 0 Å². The van der Waals surface area contributed by atoms with Crippen molar-refractivity contribution in [3.05, 3.63) is 34.4 Å². The average Bonchev–Trinajstić information content (AvgIpc) is 2.99. The molecule has 0 unspecified atom stereocenters. The highest BCUT2D eigenvalue weighted by Crippen LogP contribution is 2.09. The van der Waals surface area contributed by atoms with Gasteiger partial charge in [-0.25, -0.2) is 9.98 Å². The van der Waals surface area contributed by atoms with Crippen molar-refractivity contribution < 1.29 is 0 Å². The van der Waals surface area contributed by atoms with Crippen molar-refractivity contribution in [3.8, 4) is 0 Å². The molecule has 0 saturated carbocycles. The van der Waals surface area contributed by atoms with Gasteiger partial charge in [0.15, 0.2) is 17.6 Å². The zero-order valence-corrected chi connectivity index (χ0v) is 16.4. The highest BCUT2D eigenvalue weighted by Gasteiger charge is 2.22. The van der Waals surface area contributed by atoms with Gasteiger partial charge < -0.3 is 24.3 Å². The van der Waals surface area contributed by atoms with Gasteiger partial charge in [-0.2, -0.15) is 0 Å². The fraction of sp³-hybridized carbons (Fsp3) is 0.588. The maximum absolute atomic E-state index is 12.3. The van der Waals surface area contributed by atoms with E-state index < -0.39 is 0 Å². The smallest absolute Gasteiger partial charge is 0.293 e. The maximum atomic E-state index is 12.3. The Bertz CT molecular complexity index is 862. The molecule has 146 valence electrons. The van der Waals surface area contributed by atoms with E-state index in [2.05, 4.69) is 32.3 Å². The summed E-state index contributed by atoms with van der Waals surface area (Å²) in [4.78, 5) is 25.5. The van der Waals surface area contributed by atoms with Gasteiger partial charge in [-0.1, -0.05) is 0 Å². The standard InChI is InChI=1S/C17H27N9O/c1-5-18-17(20-12-14-22-21-13(2)24(14)4)26-10-8-25(9-11-26)15-16(27)23(3)7-6-19-15/h6-7H,5,8-12H2,1-4H3,(H,18,20). The van der Waals surface area contributed by atoms with Crippen molar-refractivity contribution in [1.82, 2.24) is 34.5 Å². The lowest BCUT2D eigenvalue weighted by molar-refractivity contribution is 0.370. The van der Waals surface area contributed by atoms with Crippen LogP contribution in [0.5, 0.6) is 0 Å². The number of nitrogens with one attached hydrogen (secondary N) is 1. The van der Waals surface area contributed by atoms with Gasteiger partial charge in [-0.15, -0.1) is 10.2 Å². The molecular formula is C17H27N9O. The summed E-state index contributed by atoms with van der Waals surface area (Å²) in [5.41, 5.74) is -0.0656. The quantitative estimate of drug-likeness (QED) is 0.570. The lowest BCUT2D eigenvalue weighted by atomic mass is 10.3. The van der Waals surface area contributed by atoms with Gasteiger partial charge in [-0.3, -0.25) is 4.79 Å².